The van der Waals surface area contributed by atoms with Gasteiger partial charge in [-0.25, -0.2) is 0 Å². The molecule has 0 bridgehead atoms. The predicted molar refractivity (Wildman–Crippen MR) is 215 cm³/mol. The Kier molecular flexibility index (Phi) is 37.6. The Hall–Kier alpha value is -2.89. The number of carbonyl (C=O) groups is 3. The van der Waals surface area contributed by atoms with Crippen molar-refractivity contribution in [2.45, 2.75) is 194 Å². The molecule has 51 heavy (non-hydrogen) atoms. The first-order chi connectivity index (χ1) is 25.0. The number of unbranched alkanes of at least 4 members (excludes halogenated alkanes) is 15. The summed E-state index contributed by atoms with van der Waals surface area (Å²) in [7, 11) is 0. The summed E-state index contributed by atoms with van der Waals surface area (Å²) in [6.45, 7) is 6.31. The molecule has 0 aliphatic rings. The van der Waals surface area contributed by atoms with Crippen molar-refractivity contribution in [1.82, 2.24) is 0 Å². The third-order valence-corrected chi connectivity index (χ3v) is 8.52. The maximum atomic E-state index is 12.6. The zero-order valence-corrected chi connectivity index (χ0v) is 33.1. The monoisotopic (exact) mass is 713 g/mol. The van der Waals surface area contributed by atoms with Crippen molar-refractivity contribution in [2.75, 3.05) is 13.2 Å². The van der Waals surface area contributed by atoms with Gasteiger partial charge in [0.05, 0.1) is 0 Å². The van der Waals surface area contributed by atoms with Crippen LogP contribution in [0.2, 0.25) is 0 Å². The van der Waals surface area contributed by atoms with E-state index in [-0.39, 0.29) is 31.1 Å². The van der Waals surface area contributed by atoms with Crippen LogP contribution in [0.15, 0.2) is 60.8 Å². The number of hydrogen-bond donors (Lipinski definition) is 0. The van der Waals surface area contributed by atoms with Crippen LogP contribution in [-0.2, 0) is 28.6 Å². The van der Waals surface area contributed by atoms with Gasteiger partial charge in [0.25, 0.3) is 0 Å². The number of allylic oxidation sites excluding steroid dienone is 10. The van der Waals surface area contributed by atoms with Gasteiger partial charge < -0.3 is 14.2 Å². The predicted octanol–water partition coefficient (Wildman–Crippen LogP) is 13.0. The van der Waals surface area contributed by atoms with E-state index >= 15 is 0 Å². The van der Waals surface area contributed by atoms with Gasteiger partial charge in [-0.1, -0.05) is 152 Å². The molecule has 6 nitrogen and oxygen atoms in total. The van der Waals surface area contributed by atoms with Crippen molar-refractivity contribution in [1.29, 1.82) is 0 Å². The van der Waals surface area contributed by atoms with Crippen LogP contribution in [0.5, 0.6) is 0 Å². The molecule has 0 aromatic rings. The molecule has 0 aliphatic heterocycles. The van der Waals surface area contributed by atoms with Crippen LogP contribution in [0, 0.1) is 0 Å². The summed E-state index contributed by atoms with van der Waals surface area (Å²) >= 11 is 0. The van der Waals surface area contributed by atoms with E-state index in [1.807, 2.05) is 0 Å². The summed E-state index contributed by atoms with van der Waals surface area (Å²) in [4.78, 5) is 37.5. The molecule has 0 rings (SSSR count). The van der Waals surface area contributed by atoms with Crippen LogP contribution in [0.3, 0.4) is 0 Å². The largest absolute Gasteiger partial charge is 0.462 e. The van der Waals surface area contributed by atoms with Crippen molar-refractivity contribution >= 4 is 17.9 Å². The molecule has 0 aliphatic carbocycles. The average molecular weight is 713 g/mol. The lowest BCUT2D eigenvalue weighted by molar-refractivity contribution is -0.167. The third kappa shape index (κ3) is 38.2. The highest BCUT2D eigenvalue weighted by molar-refractivity contribution is 5.71. The molecular formula is C45H76O6. The number of rotatable bonds is 36. The van der Waals surface area contributed by atoms with Gasteiger partial charge in [0.1, 0.15) is 13.2 Å². The SMILES string of the molecule is CC/C=C\C/C=C\C/C=C\CCCCCCC(=O)OCC(COC(=O)CCCC/C=C\C/C=C\CC)OC(=O)CCCCCCCCCCCC. The van der Waals surface area contributed by atoms with E-state index in [9.17, 15) is 14.4 Å². The molecule has 1 unspecified atom stereocenters. The van der Waals surface area contributed by atoms with Gasteiger partial charge in [-0.3, -0.25) is 14.4 Å². The van der Waals surface area contributed by atoms with E-state index in [1.54, 1.807) is 0 Å². The second-order valence-electron chi connectivity index (χ2n) is 13.5. The molecule has 0 aromatic heterocycles. The molecule has 1 atom stereocenters. The first kappa shape index (κ1) is 48.1. The second-order valence-corrected chi connectivity index (χ2v) is 13.5. The number of ether oxygens (including phenoxy) is 3. The van der Waals surface area contributed by atoms with E-state index in [0.717, 1.165) is 103 Å². The summed E-state index contributed by atoms with van der Waals surface area (Å²) in [5, 5.41) is 0. The van der Waals surface area contributed by atoms with Gasteiger partial charge in [-0.05, 0) is 77.0 Å². The quantitative estimate of drug-likeness (QED) is 0.0278. The fourth-order valence-electron chi connectivity index (χ4n) is 5.43. The smallest absolute Gasteiger partial charge is 0.306 e. The van der Waals surface area contributed by atoms with Crippen LogP contribution in [0.4, 0.5) is 0 Å². The van der Waals surface area contributed by atoms with Crippen molar-refractivity contribution in [3.8, 4) is 0 Å². The van der Waals surface area contributed by atoms with E-state index in [2.05, 4.69) is 81.5 Å². The average Bonchev–Trinajstić information content (AvgIpc) is 3.12. The zero-order valence-electron chi connectivity index (χ0n) is 33.1. The van der Waals surface area contributed by atoms with Gasteiger partial charge in [-0.2, -0.15) is 0 Å². The minimum absolute atomic E-state index is 0.0959. The normalized spacial score (nSPS) is 12.6. The standard InChI is InChI=1S/C45H76O6/c1-4-7-10-13-16-19-21-22-23-24-27-29-32-35-38-44(47)50-41-42(40-49-43(46)37-34-31-28-25-18-15-12-9-6-3)51-45(48)39-36-33-30-26-20-17-14-11-8-5-2/h7,9-10,12,16,18-19,22-23,25,42H,4-6,8,11,13-15,17,20-21,24,26-41H2,1-3H3/b10-7-,12-9-,19-16-,23-22-,25-18-. The van der Waals surface area contributed by atoms with Crippen molar-refractivity contribution in [3.63, 3.8) is 0 Å². The summed E-state index contributed by atoms with van der Waals surface area (Å²) in [5.41, 5.74) is 0. The first-order valence-corrected chi connectivity index (χ1v) is 20.8. The Morgan fingerprint density at radius 3 is 1.24 bits per heavy atom. The molecule has 0 spiro atoms. The molecule has 0 aromatic carbocycles. The van der Waals surface area contributed by atoms with Crippen LogP contribution in [0.1, 0.15) is 188 Å². The first-order valence-electron chi connectivity index (χ1n) is 20.8. The Morgan fingerprint density at radius 2 is 0.765 bits per heavy atom. The van der Waals surface area contributed by atoms with Gasteiger partial charge in [0.2, 0.25) is 0 Å². The fourth-order valence-corrected chi connectivity index (χ4v) is 5.43. The minimum Gasteiger partial charge on any atom is -0.462 e. The zero-order chi connectivity index (χ0) is 37.3. The van der Waals surface area contributed by atoms with Crippen LogP contribution in [0.25, 0.3) is 0 Å². The third-order valence-electron chi connectivity index (χ3n) is 8.52. The molecule has 0 saturated heterocycles. The van der Waals surface area contributed by atoms with Gasteiger partial charge in [-0.15, -0.1) is 0 Å². The summed E-state index contributed by atoms with van der Waals surface area (Å²) in [6.07, 6.45) is 46.4. The Bertz CT molecular complexity index is 960. The lowest BCUT2D eigenvalue weighted by atomic mass is 10.1. The summed E-state index contributed by atoms with van der Waals surface area (Å²) < 4.78 is 16.6. The highest BCUT2D eigenvalue weighted by Gasteiger charge is 2.19. The fraction of sp³-hybridized carbons (Fsp3) is 0.711. The number of hydrogen-bond acceptors (Lipinski definition) is 6. The van der Waals surface area contributed by atoms with Gasteiger partial charge in [0, 0.05) is 19.3 Å². The molecule has 0 radical (unpaired) electrons. The molecule has 0 saturated carbocycles. The Labute approximate surface area is 313 Å². The van der Waals surface area contributed by atoms with Crippen LogP contribution in [-0.4, -0.2) is 37.2 Å². The van der Waals surface area contributed by atoms with Crippen LogP contribution < -0.4 is 0 Å². The lowest BCUT2D eigenvalue weighted by Gasteiger charge is -2.18. The highest BCUT2D eigenvalue weighted by Crippen LogP contribution is 2.13. The van der Waals surface area contributed by atoms with E-state index in [1.165, 1.54) is 44.9 Å². The molecule has 6 heteroatoms. The summed E-state index contributed by atoms with van der Waals surface area (Å²) in [6, 6.07) is 0. The maximum Gasteiger partial charge on any atom is 0.306 e. The van der Waals surface area contributed by atoms with Crippen molar-refractivity contribution < 1.29 is 28.6 Å². The topological polar surface area (TPSA) is 78.9 Å². The van der Waals surface area contributed by atoms with Gasteiger partial charge >= 0.3 is 17.9 Å². The van der Waals surface area contributed by atoms with Crippen LogP contribution >= 0.6 is 0 Å². The van der Waals surface area contributed by atoms with Crippen molar-refractivity contribution in [2.24, 2.45) is 0 Å². The summed E-state index contributed by atoms with van der Waals surface area (Å²) in [5.74, 6) is -0.963. The Morgan fingerprint density at radius 1 is 0.412 bits per heavy atom. The Balaban J connectivity index is 4.43. The molecule has 0 heterocycles. The maximum absolute atomic E-state index is 12.6. The van der Waals surface area contributed by atoms with Crippen molar-refractivity contribution in [3.05, 3.63) is 60.8 Å². The number of esters is 3. The minimum atomic E-state index is -0.790. The highest BCUT2D eigenvalue weighted by atomic mass is 16.6. The second kappa shape index (κ2) is 39.9. The van der Waals surface area contributed by atoms with E-state index < -0.39 is 6.10 Å². The molecule has 0 N–H and O–H groups in total. The number of carbonyl (C=O) groups excluding carboxylic acids is 3. The van der Waals surface area contributed by atoms with E-state index in [4.69, 9.17) is 14.2 Å². The van der Waals surface area contributed by atoms with Gasteiger partial charge in [0.15, 0.2) is 6.10 Å². The lowest BCUT2D eigenvalue weighted by Crippen LogP contribution is -2.30. The molecular weight excluding hydrogens is 636 g/mol. The van der Waals surface area contributed by atoms with E-state index in [0.29, 0.717) is 19.3 Å². The molecule has 0 fully saturated rings. The molecule has 0 amide bonds. The molecule has 292 valence electrons.